The van der Waals surface area contributed by atoms with Gasteiger partial charge in [-0.25, -0.2) is 9.08 Å². The fraction of sp³-hybridized carbons (Fsp3) is 0.375. The number of rotatable bonds is 5. The highest BCUT2D eigenvalue weighted by Gasteiger charge is 2.22. The molecule has 5 rings (SSSR count). The smallest absolute Gasteiger partial charge is 0.282 e. The number of benzene rings is 2. The standard InChI is InChI=1S/C24H26ClN5O3/c1-32-20-10-7-16(13-21(20)33-2)15-29-23-26-22(31)18-14-17(25)8-9-19(18)30(23)24(27-29)28-11-5-3-4-6-12-28/h7-10,13-14H,3-6,11-12,15H2,1-2H3. The number of fused-ring (bicyclic) bond motifs is 3. The minimum Gasteiger partial charge on any atom is -0.493 e. The fourth-order valence-electron chi connectivity index (χ4n) is 4.48. The van der Waals surface area contributed by atoms with Crippen LogP contribution in [0.5, 0.6) is 11.5 Å². The second-order valence-electron chi connectivity index (χ2n) is 8.26. The van der Waals surface area contributed by atoms with Crippen LogP contribution in [0.25, 0.3) is 16.7 Å². The zero-order chi connectivity index (χ0) is 22.9. The van der Waals surface area contributed by atoms with Crippen LogP contribution in [0, 0.1) is 0 Å². The van der Waals surface area contributed by atoms with Crippen LogP contribution in [0.3, 0.4) is 0 Å². The van der Waals surface area contributed by atoms with E-state index in [1.807, 2.05) is 28.7 Å². The van der Waals surface area contributed by atoms with E-state index in [0.717, 1.165) is 43.0 Å². The molecule has 0 amide bonds. The summed E-state index contributed by atoms with van der Waals surface area (Å²) < 4.78 is 14.6. The molecule has 8 nitrogen and oxygen atoms in total. The molecule has 2 aromatic heterocycles. The summed E-state index contributed by atoms with van der Waals surface area (Å²) >= 11 is 6.19. The lowest BCUT2D eigenvalue weighted by molar-refractivity contribution is 0.354. The van der Waals surface area contributed by atoms with Crippen LogP contribution < -0.4 is 19.9 Å². The quantitative estimate of drug-likeness (QED) is 0.439. The van der Waals surface area contributed by atoms with Crippen LogP contribution in [0.1, 0.15) is 31.2 Å². The first-order valence-corrected chi connectivity index (χ1v) is 11.5. The van der Waals surface area contributed by atoms with Crippen molar-refractivity contribution in [2.24, 2.45) is 0 Å². The Kier molecular flexibility index (Phi) is 5.85. The normalized spacial score (nSPS) is 14.6. The molecule has 3 heterocycles. The second-order valence-corrected chi connectivity index (χ2v) is 8.70. The van der Waals surface area contributed by atoms with Crippen LogP contribution in [0.15, 0.2) is 41.2 Å². The average Bonchev–Trinajstić information content (AvgIpc) is 2.99. The third-order valence-electron chi connectivity index (χ3n) is 6.14. The first kappa shape index (κ1) is 21.6. The lowest BCUT2D eigenvalue weighted by Crippen LogP contribution is -2.26. The summed E-state index contributed by atoms with van der Waals surface area (Å²) in [4.78, 5) is 19.6. The maximum absolute atomic E-state index is 12.9. The van der Waals surface area contributed by atoms with E-state index in [2.05, 4.69) is 9.88 Å². The molecule has 9 heteroatoms. The van der Waals surface area contributed by atoms with Crippen LogP contribution in [0.4, 0.5) is 5.95 Å². The molecule has 0 aliphatic carbocycles. The van der Waals surface area contributed by atoms with Gasteiger partial charge >= 0.3 is 0 Å². The van der Waals surface area contributed by atoms with Crippen LogP contribution in [-0.4, -0.2) is 46.5 Å². The van der Waals surface area contributed by atoms with Crippen molar-refractivity contribution in [2.75, 3.05) is 32.2 Å². The highest BCUT2D eigenvalue weighted by atomic mass is 35.5. The van der Waals surface area contributed by atoms with Gasteiger partial charge in [-0.05, 0) is 48.7 Å². The molecule has 1 fully saturated rings. The summed E-state index contributed by atoms with van der Waals surface area (Å²) in [5.41, 5.74) is 1.40. The van der Waals surface area contributed by atoms with Crippen molar-refractivity contribution in [3.8, 4) is 11.5 Å². The maximum Gasteiger partial charge on any atom is 0.282 e. The summed E-state index contributed by atoms with van der Waals surface area (Å²) in [5.74, 6) is 2.61. The van der Waals surface area contributed by atoms with Crippen LogP contribution >= 0.6 is 11.6 Å². The topological polar surface area (TPSA) is 73.9 Å². The lowest BCUT2D eigenvalue weighted by Gasteiger charge is -2.20. The van der Waals surface area contributed by atoms with Crippen molar-refractivity contribution in [1.82, 2.24) is 19.2 Å². The predicted molar refractivity (Wildman–Crippen MR) is 129 cm³/mol. The molecule has 0 spiro atoms. The number of hydrogen-bond acceptors (Lipinski definition) is 6. The monoisotopic (exact) mass is 467 g/mol. The minimum atomic E-state index is -0.316. The van der Waals surface area contributed by atoms with Gasteiger partial charge in [0.25, 0.3) is 5.56 Å². The van der Waals surface area contributed by atoms with Gasteiger partial charge in [0.15, 0.2) is 11.5 Å². The molecular formula is C24H26ClN5O3. The Hall–Kier alpha value is -3.26. The van der Waals surface area contributed by atoms with E-state index >= 15 is 0 Å². The molecule has 0 N–H and O–H groups in total. The van der Waals surface area contributed by atoms with Gasteiger partial charge < -0.3 is 14.4 Å². The second kappa shape index (κ2) is 8.94. The van der Waals surface area contributed by atoms with Crippen molar-refractivity contribution in [1.29, 1.82) is 0 Å². The van der Waals surface area contributed by atoms with E-state index in [1.165, 1.54) is 12.8 Å². The van der Waals surface area contributed by atoms with Gasteiger partial charge in [0.1, 0.15) is 0 Å². The predicted octanol–water partition coefficient (Wildman–Crippen LogP) is 4.14. The Morgan fingerprint density at radius 3 is 2.45 bits per heavy atom. The summed E-state index contributed by atoms with van der Waals surface area (Å²) in [6, 6.07) is 11.1. The zero-order valence-corrected chi connectivity index (χ0v) is 19.5. The van der Waals surface area contributed by atoms with Gasteiger partial charge in [-0.15, -0.1) is 5.10 Å². The third-order valence-corrected chi connectivity index (χ3v) is 6.38. The average molecular weight is 468 g/mol. The molecule has 0 atom stereocenters. The molecule has 1 aliphatic rings. The Balaban J connectivity index is 1.70. The molecule has 2 aromatic carbocycles. The first-order chi connectivity index (χ1) is 16.1. The number of ether oxygens (including phenoxy) is 2. The van der Waals surface area contributed by atoms with Gasteiger partial charge in [0.05, 0.1) is 31.7 Å². The number of aromatic nitrogens is 4. The highest BCUT2D eigenvalue weighted by Crippen LogP contribution is 2.29. The molecule has 0 unspecified atom stereocenters. The van der Waals surface area contributed by atoms with Crippen molar-refractivity contribution in [3.63, 3.8) is 0 Å². The summed E-state index contributed by atoms with van der Waals surface area (Å²) in [5, 5.41) is 5.96. The first-order valence-electron chi connectivity index (χ1n) is 11.1. The van der Waals surface area contributed by atoms with Crippen molar-refractivity contribution >= 4 is 34.2 Å². The van der Waals surface area contributed by atoms with Crippen LogP contribution in [-0.2, 0) is 6.54 Å². The fourth-order valence-corrected chi connectivity index (χ4v) is 4.66. The van der Waals surface area contributed by atoms with Crippen LogP contribution in [0.2, 0.25) is 5.02 Å². The van der Waals surface area contributed by atoms with Gasteiger partial charge in [0, 0.05) is 18.1 Å². The van der Waals surface area contributed by atoms with Gasteiger partial charge in [0.2, 0.25) is 11.7 Å². The number of halogens is 1. The number of hydrogen-bond donors (Lipinski definition) is 0. The van der Waals surface area contributed by atoms with E-state index in [0.29, 0.717) is 34.2 Å². The van der Waals surface area contributed by atoms with Gasteiger partial charge in [-0.1, -0.05) is 30.5 Å². The summed E-state index contributed by atoms with van der Waals surface area (Å²) in [6.07, 6.45) is 4.65. The lowest BCUT2D eigenvalue weighted by atomic mass is 10.2. The van der Waals surface area contributed by atoms with E-state index in [9.17, 15) is 4.79 Å². The Labute approximate surface area is 196 Å². The largest absolute Gasteiger partial charge is 0.493 e. The summed E-state index contributed by atoms with van der Waals surface area (Å²) in [7, 11) is 3.22. The third kappa shape index (κ3) is 3.99. The SMILES string of the molecule is COc1ccc(Cn2nc(N3CCCCCC3)n3c4ccc(Cl)cc4c(=O)nc23)cc1OC. The van der Waals surface area contributed by atoms with Crippen molar-refractivity contribution < 1.29 is 9.47 Å². The number of anilines is 1. The Morgan fingerprint density at radius 2 is 1.73 bits per heavy atom. The van der Waals surface area contributed by atoms with Gasteiger partial charge in [-0.3, -0.25) is 4.79 Å². The minimum absolute atomic E-state index is 0.316. The zero-order valence-electron chi connectivity index (χ0n) is 18.8. The molecule has 0 saturated carbocycles. The molecular weight excluding hydrogens is 442 g/mol. The summed E-state index contributed by atoms with van der Waals surface area (Å²) in [6.45, 7) is 2.27. The highest BCUT2D eigenvalue weighted by molar-refractivity contribution is 6.31. The van der Waals surface area contributed by atoms with E-state index < -0.39 is 0 Å². The molecule has 0 radical (unpaired) electrons. The molecule has 0 bridgehead atoms. The number of methoxy groups -OCH3 is 2. The Bertz CT molecular complexity index is 1370. The Morgan fingerprint density at radius 1 is 0.970 bits per heavy atom. The van der Waals surface area contributed by atoms with E-state index in [1.54, 1.807) is 31.0 Å². The van der Waals surface area contributed by atoms with Crippen molar-refractivity contribution in [3.05, 3.63) is 57.3 Å². The molecule has 1 saturated heterocycles. The van der Waals surface area contributed by atoms with Gasteiger partial charge in [-0.2, -0.15) is 4.98 Å². The number of nitrogens with zero attached hydrogens (tertiary/aromatic N) is 5. The molecule has 1 aliphatic heterocycles. The molecule has 33 heavy (non-hydrogen) atoms. The molecule has 4 aromatic rings. The van der Waals surface area contributed by atoms with E-state index in [-0.39, 0.29) is 5.56 Å². The maximum atomic E-state index is 12.9. The van der Waals surface area contributed by atoms with Crippen molar-refractivity contribution in [2.45, 2.75) is 32.2 Å². The van der Waals surface area contributed by atoms with E-state index in [4.69, 9.17) is 26.2 Å². The molecule has 172 valence electrons.